The Kier molecular flexibility index (Phi) is 3.69. The van der Waals surface area contributed by atoms with Crippen LogP contribution in [0.25, 0.3) is 16.8 Å². The van der Waals surface area contributed by atoms with Gasteiger partial charge in [0.2, 0.25) is 0 Å². The Bertz CT molecular complexity index is 898. The number of aromatic nitrogens is 3. The fourth-order valence-corrected chi connectivity index (χ4v) is 2.92. The van der Waals surface area contributed by atoms with Gasteiger partial charge in [0.25, 0.3) is 5.56 Å². The molecule has 0 fully saturated rings. The molecule has 0 amide bonds. The number of aromatic amines is 1. The first-order chi connectivity index (χ1) is 10.0. The highest BCUT2D eigenvalue weighted by molar-refractivity contribution is 6.36. The Morgan fingerprint density at radius 1 is 1.29 bits per heavy atom. The second-order valence-electron chi connectivity index (χ2n) is 4.61. The van der Waals surface area contributed by atoms with E-state index >= 15 is 0 Å². The van der Waals surface area contributed by atoms with Gasteiger partial charge in [-0.25, -0.2) is 9.50 Å². The number of H-pyrrole nitrogens is 1. The molecule has 1 N–H and O–H groups in total. The fourth-order valence-electron chi connectivity index (χ4n) is 2.28. The molecule has 2 heterocycles. The molecule has 2 aromatic heterocycles. The summed E-state index contributed by atoms with van der Waals surface area (Å²) in [5.41, 5.74) is 3.12. The van der Waals surface area contributed by atoms with Gasteiger partial charge in [0.05, 0.1) is 16.6 Å². The molecule has 0 bridgehead atoms. The molecule has 1 aromatic carbocycles. The second kappa shape index (κ2) is 5.37. The zero-order chi connectivity index (χ0) is 15.1. The number of aryl methyl sites for hydroxylation is 1. The zero-order valence-corrected chi connectivity index (χ0v) is 13.2. The van der Waals surface area contributed by atoms with Gasteiger partial charge in [0.1, 0.15) is 0 Å². The zero-order valence-electron chi connectivity index (χ0n) is 11.0. The van der Waals surface area contributed by atoms with E-state index in [0.29, 0.717) is 21.4 Å². The first kappa shape index (κ1) is 14.4. The van der Waals surface area contributed by atoms with Crippen molar-refractivity contribution in [1.82, 2.24) is 14.6 Å². The Morgan fingerprint density at radius 2 is 2.05 bits per heavy atom. The van der Waals surface area contributed by atoms with E-state index in [9.17, 15) is 4.79 Å². The number of alkyl halides is 1. The molecule has 0 spiro atoms. The van der Waals surface area contributed by atoms with E-state index in [1.165, 1.54) is 10.6 Å². The summed E-state index contributed by atoms with van der Waals surface area (Å²) in [6, 6.07) is 6.61. The lowest BCUT2D eigenvalue weighted by molar-refractivity contribution is 0.871. The Labute approximate surface area is 135 Å². The van der Waals surface area contributed by atoms with Gasteiger partial charge < -0.3 is 0 Å². The normalized spacial score (nSPS) is 11.2. The van der Waals surface area contributed by atoms with Crippen molar-refractivity contribution in [2.24, 2.45) is 0 Å². The second-order valence-corrected chi connectivity index (χ2v) is 5.73. The lowest BCUT2D eigenvalue weighted by Crippen LogP contribution is -2.15. The number of rotatable bonds is 2. The van der Waals surface area contributed by atoms with Crippen LogP contribution in [0.5, 0.6) is 0 Å². The molecule has 3 aromatic rings. The van der Waals surface area contributed by atoms with Gasteiger partial charge >= 0.3 is 0 Å². The lowest BCUT2D eigenvalue weighted by atomic mass is 10.1. The van der Waals surface area contributed by atoms with Crippen molar-refractivity contribution in [3.8, 4) is 11.1 Å². The smallest absolute Gasteiger partial charge is 0.272 e. The Morgan fingerprint density at radius 3 is 2.71 bits per heavy atom. The molecule has 0 radical (unpaired) electrons. The highest BCUT2D eigenvalue weighted by atomic mass is 35.5. The van der Waals surface area contributed by atoms with Crippen LogP contribution in [0.2, 0.25) is 10.0 Å². The van der Waals surface area contributed by atoms with E-state index in [1.807, 2.05) is 6.92 Å². The van der Waals surface area contributed by atoms with E-state index in [2.05, 4.69) is 10.1 Å². The first-order valence-corrected chi connectivity index (χ1v) is 7.43. The van der Waals surface area contributed by atoms with E-state index in [-0.39, 0.29) is 11.4 Å². The quantitative estimate of drug-likeness (QED) is 0.714. The Hall–Kier alpha value is -1.49. The average Bonchev–Trinajstić information content (AvgIpc) is 2.76. The van der Waals surface area contributed by atoms with Crippen LogP contribution in [0.1, 0.15) is 11.4 Å². The maximum Gasteiger partial charge on any atom is 0.272 e. The first-order valence-electron chi connectivity index (χ1n) is 6.14. The van der Waals surface area contributed by atoms with Crippen LogP contribution >= 0.6 is 34.8 Å². The van der Waals surface area contributed by atoms with E-state index in [0.717, 1.165) is 16.8 Å². The van der Waals surface area contributed by atoms with Gasteiger partial charge in [-0.15, -0.1) is 11.6 Å². The van der Waals surface area contributed by atoms with Gasteiger partial charge in [0, 0.05) is 27.9 Å². The summed E-state index contributed by atoms with van der Waals surface area (Å²) in [5.74, 6) is 0.170. The third-order valence-electron chi connectivity index (χ3n) is 3.19. The van der Waals surface area contributed by atoms with Crippen LogP contribution in [0.4, 0.5) is 0 Å². The summed E-state index contributed by atoms with van der Waals surface area (Å²) in [5, 5.41) is 4.04. The van der Waals surface area contributed by atoms with E-state index in [1.54, 1.807) is 18.2 Å². The van der Waals surface area contributed by atoms with Crippen molar-refractivity contribution in [2.45, 2.75) is 12.8 Å². The van der Waals surface area contributed by atoms with Gasteiger partial charge in [0.15, 0.2) is 5.65 Å². The summed E-state index contributed by atoms with van der Waals surface area (Å²) < 4.78 is 1.38. The largest absolute Gasteiger partial charge is 0.293 e. The highest BCUT2D eigenvalue weighted by Crippen LogP contribution is 2.34. The van der Waals surface area contributed by atoms with E-state index in [4.69, 9.17) is 34.8 Å². The molecule has 0 aliphatic rings. The van der Waals surface area contributed by atoms with Crippen LogP contribution in [-0.2, 0) is 5.88 Å². The van der Waals surface area contributed by atoms with Crippen LogP contribution in [-0.4, -0.2) is 14.6 Å². The summed E-state index contributed by atoms with van der Waals surface area (Å²) >= 11 is 18.0. The van der Waals surface area contributed by atoms with Crippen molar-refractivity contribution in [3.63, 3.8) is 0 Å². The minimum absolute atomic E-state index is 0.170. The predicted octanol–water partition coefficient (Wildman–Crippen LogP) is 4.04. The number of nitrogens with one attached hydrogen (secondary N) is 1. The Balaban J connectivity index is 2.39. The third-order valence-corrected chi connectivity index (χ3v) is 4.01. The average molecular weight is 343 g/mol. The van der Waals surface area contributed by atoms with Crippen LogP contribution in [0, 0.1) is 6.92 Å². The van der Waals surface area contributed by atoms with Crippen molar-refractivity contribution in [3.05, 3.63) is 56.1 Å². The number of hydrogen-bond acceptors (Lipinski definition) is 2. The molecule has 21 heavy (non-hydrogen) atoms. The van der Waals surface area contributed by atoms with Crippen LogP contribution < -0.4 is 5.56 Å². The maximum absolute atomic E-state index is 12.1. The van der Waals surface area contributed by atoms with Crippen LogP contribution in [0.15, 0.2) is 29.1 Å². The molecule has 4 nitrogen and oxygen atoms in total. The molecule has 0 saturated heterocycles. The molecule has 3 rings (SSSR count). The molecule has 0 unspecified atom stereocenters. The molecule has 7 heteroatoms. The molecular weight excluding hydrogens is 333 g/mol. The number of nitrogens with zero attached hydrogens (tertiary/aromatic N) is 2. The number of halogens is 3. The molecule has 0 saturated carbocycles. The highest BCUT2D eigenvalue weighted by Gasteiger charge is 2.16. The van der Waals surface area contributed by atoms with Gasteiger partial charge in [-0.05, 0) is 19.1 Å². The SMILES string of the molecule is Cc1[nH]n2c(=O)cc(CCl)nc2c1-c1ccc(Cl)cc1Cl. The molecule has 108 valence electrons. The number of benzene rings is 1. The fraction of sp³-hybridized carbons (Fsp3) is 0.143. The monoisotopic (exact) mass is 341 g/mol. The molecule has 0 aliphatic heterocycles. The third kappa shape index (κ3) is 2.44. The molecular formula is C14H10Cl3N3O. The molecule has 0 aliphatic carbocycles. The van der Waals surface area contributed by atoms with Gasteiger partial charge in [-0.3, -0.25) is 9.89 Å². The topological polar surface area (TPSA) is 50.2 Å². The van der Waals surface area contributed by atoms with Gasteiger partial charge in [-0.1, -0.05) is 29.3 Å². The summed E-state index contributed by atoms with van der Waals surface area (Å²) in [4.78, 5) is 16.5. The number of hydrogen-bond donors (Lipinski definition) is 1. The van der Waals surface area contributed by atoms with Crippen molar-refractivity contribution < 1.29 is 0 Å². The maximum atomic E-state index is 12.1. The minimum Gasteiger partial charge on any atom is -0.293 e. The van der Waals surface area contributed by atoms with Gasteiger partial charge in [-0.2, -0.15) is 0 Å². The van der Waals surface area contributed by atoms with Crippen molar-refractivity contribution in [2.75, 3.05) is 0 Å². The molecule has 0 atom stereocenters. The predicted molar refractivity (Wildman–Crippen MR) is 85.6 cm³/mol. The summed E-state index contributed by atoms with van der Waals surface area (Å²) in [6.45, 7) is 1.86. The minimum atomic E-state index is -0.213. The van der Waals surface area contributed by atoms with Crippen molar-refractivity contribution in [1.29, 1.82) is 0 Å². The lowest BCUT2D eigenvalue weighted by Gasteiger charge is -2.05. The van der Waals surface area contributed by atoms with E-state index < -0.39 is 0 Å². The van der Waals surface area contributed by atoms with Crippen molar-refractivity contribution >= 4 is 40.4 Å². The standard InChI is InChI=1S/C14H10Cl3N3O/c1-7-13(10-3-2-8(16)4-11(10)17)14-18-9(6-15)5-12(21)20(14)19-7/h2-5,19H,6H2,1H3. The van der Waals surface area contributed by atoms with Crippen LogP contribution in [0.3, 0.4) is 0 Å². The summed E-state index contributed by atoms with van der Waals surface area (Å²) in [7, 11) is 0. The summed E-state index contributed by atoms with van der Waals surface area (Å²) in [6.07, 6.45) is 0. The number of fused-ring (bicyclic) bond motifs is 1.